The first-order valence-corrected chi connectivity index (χ1v) is 8.77. The second-order valence-electron chi connectivity index (χ2n) is 4.98. The Morgan fingerprint density at radius 3 is 2.79 bits per heavy atom. The van der Waals surface area contributed by atoms with Crippen molar-refractivity contribution in [2.75, 3.05) is 12.1 Å². The van der Waals surface area contributed by atoms with Gasteiger partial charge in [0, 0.05) is 0 Å². The number of para-hydroxylation sites is 1. The van der Waals surface area contributed by atoms with Crippen LogP contribution in [0.3, 0.4) is 0 Å². The van der Waals surface area contributed by atoms with E-state index in [1.54, 1.807) is 23.0 Å². The standard InChI is InChI=1S/C15H17N5O3P/c1-2-12(20-9-19-13-14(16)17-8-18-15(13)20)22-10-24(21)23-11-6-4-3-5-7-11/h3-9,12H,2,10H2,1H3,(H2,16,17,18)/q+1/t12-/m1/s1. The summed E-state index contributed by atoms with van der Waals surface area (Å²) in [5, 5.41) is 0. The van der Waals surface area contributed by atoms with Gasteiger partial charge in [-0.15, -0.1) is 0 Å². The molecule has 0 fully saturated rings. The largest absolute Gasteiger partial charge is 0.585 e. The van der Waals surface area contributed by atoms with E-state index < -0.39 is 8.03 Å². The van der Waals surface area contributed by atoms with Crippen molar-refractivity contribution in [1.29, 1.82) is 0 Å². The van der Waals surface area contributed by atoms with Gasteiger partial charge in [0.1, 0.15) is 18.1 Å². The van der Waals surface area contributed by atoms with Crippen LogP contribution in [-0.2, 0) is 9.30 Å². The minimum absolute atomic E-state index is 0.0387. The summed E-state index contributed by atoms with van der Waals surface area (Å²) < 4.78 is 24.9. The van der Waals surface area contributed by atoms with Gasteiger partial charge in [-0.05, 0) is 23.1 Å². The van der Waals surface area contributed by atoms with E-state index >= 15 is 0 Å². The lowest BCUT2D eigenvalue weighted by atomic mass is 10.3. The third-order valence-electron chi connectivity index (χ3n) is 3.37. The van der Waals surface area contributed by atoms with Crippen molar-refractivity contribution in [3.8, 4) is 5.75 Å². The van der Waals surface area contributed by atoms with E-state index in [0.29, 0.717) is 29.2 Å². The molecular formula is C15H17N5O3P+. The van der Waals surface area contributed by atoms with Crippen LogP contribution in [-0.4, -0.2) is 25.9 Å². The second kappa shape index (κ2) is 7.33. The highest BCUT2D eigenvalue weighted by Gasteiger charge is 2.24. The molecule has 3 rings (SSSR count). The Kier molecular flexibility index (Phi) is 4.98. The summed E-state index contributed by atoms with van der Waals surface area (Å²) in [5.41, 5.74) is 6.88. The summed E-state index contributed by atoms with van der Waals surface area (Å²) in [6.07, 6.45) is 3.20. The highest BCUT2D eigenvalue weighted by atomic mass is 31.1. The molecule has 1 unspecified atom stereocenters. The quantitative estimate of drug-likeness (QED) is 0.655. The van der Waals surface area contributed by atoms with E-state index in [2.05, 4.69) is 15.0 Å². The molecule has 0 radical (unpaired) electrons. The van der Waals surface area contributed by atoms with Gasteiger partial charge in [-0.3, -0.25) is 9.09 Å². The van der Waals surface area contributed by atoms with Gasteiger partial charge in [-0.25, -0.2) is 15.0 Å². The maximum atomic E-state index is 12.1. The summed E-state index contributed by atoms with van der Waals surface area (Å²) in [7, 11) is -1.98. The van der Waals surface area contributed by atoms with Gasteiger partial charge in [0.15, 0.2) is 17.2 Å². The van der Waals surface area contributed by atoms with Gasteiger partial charge < -0.3 is 10.5 Å². The van der Waals surface area contributed by atoms with Gasteiger partial charge in [-0.1, -0.05) is 25.1 Å². The van der Waals surface area contributed by atoms with Crippen LogP contribution in [0.5, 0.6) is 5.75 Å². The number of hydrogen-bond donors (Lipinski definition) is 1. The average Bonchev–Trinajstić information content (AvgIpc) is 3.02. The molecule has 2 N–H and O–H groups in total. The number of anilines is 1. The van der Waals surface area contributed by atoms with Crippen molar-refractivity contribution in [3.63, 3.8) is 0 Å². The lowest BCUT2D eigenvalue weighted by molar-refractivity contribution is 0.0281. The molecule has 0 aliphatic heterocycles. The zero-order chi connectivity index (χ0) is 16.9. The monoisotopic (exact) mass is 346 g/mol. The molecule has 0 saturated carbocycles. The van der Waals surface area contributed by atoms with Crippen LogP contribution in [0.2, 0.25) is 0 Å². The number of hydrogen-bond acceptors (Lipinski definition) is 7. The number of benzene rings is 1. The Labute approximate surface area is 139 Å². The Morgan fingerprint density at radius 1 is 1.25 bits per heavy atom. The minimum atomic E-state index is -1.98. The predicted molar refractivity (Wildman–Crippen MR) is 89.7 cm³/mol. The SMILES string of the molecule is CC[C@@H](OC[P+](=O)Oc1ccccc1)n1cnc2c(N)ncnc21. The Hall–Kier alpha value is -2.57. The molecule has 9 heteroatoms. The molecule has 0 spiro atoms. The maximum absolute atomic E-state index is 12.1. The molecule has 2 atom stereocenters. The van der Waals surface area contributed by atoms with Gasteiger partial charge >= 0.3 is 8.03 Å². The third-order valence-corrected chi connectivity index (χ3v) is 4.14. The molecule has 3 aromatic rings. The molecule has 24 heavy (non-hydrogen) atoms. The number of imidazole rings is 1. The van der Waals surface area contributed by atoms with Crippen molar-refractivity contribution in [2.45, 2.75) is 19.6 Å². The lowest BCUT2D eigenvalue weighted by Crippen LogP contribution is -2.12. The van der Waals surface area contributed by atoms with Crippen LogP contribution in [0, 0.1) is 0 Å². The van der Waals surface area contributed by atoms with E-state index in [1.165, 1.54) is 6.33 Å². The fraction of sp³-hybridized carbons (Fsp3) is 0.267. The molecular weight excluding hydrogens is 329 g/mol. The van der Waals surface area contributed by atoms with Gasteiger partial charge in [-0.2, -0.15) is 0 Å². The van der Waals surface area contributed by atoms with Crippen molar-refractivity contribution in [2.24, 2.45) is 0 Å². The third kappa shape index (κ3) is 3.50. The molecule has 0 bridgehead atoms. The number of nitrogens with zero attached hydrogens (tertiary/aromatic N) is 4. The number of nitrogens with two attached hydrogens (primary N) is 1. The molecule has 1 aromatic carbocycles. The van der Waals surface area contributed by atoms with Crippen LogP contribution in [0.15, 0.2) is 43.0 Å². The molecule has 0 amide bonds. The number of rotatable bonds is 7. The lowest BCUT2D eigenvalue weighted by Gasteiger charge is -2.14. The van der Waals surface area contributed by atoms with Crippen molar-refractivity contribution >= 4 is 25.0 Å². The fourth-order valence-corrected chi connectivity index (χ4v) is 2.95. The summed E-state index contributed by atoms with van der Waals surface area (Å²) in [6.45, 7) is 1.95. The number of nitrogen functional groups attached to an aromatic ring is 1. The normalized spacial score (nSPS) is 13.0. The van der Waals surface area contributed by atoms with Gasteiger partial charge in [0.2, 0.25) is 0 Å². The van der Waals surface area contributed by atoms with E-state index in [9.17, 15) is 4.57 Å². The van der Waals surface area contributed by atoms with E-state index in [1.807, 2.05) is 25.1 Å². The fourth-order valence-electron chi connectivity index (χ4n) is 2.25. The smallest absolute Gasteiger partial charge is 0.382 e. The predicted octanol–water partition coefficient (Wildman–Crippen LogP) is 3.11. The van der Waals surface area contributed by atoms with Crippen LogP contribution < -0.4 is 10.3 Å². The summed E-state index contributed by atoms with van der Waals surface area (Å²) in [6, 6.07) is 8.98. The summed E-state index contributed by atoms with van der Waals surface area (Å²) >= 11 is 0. The molecule has 124 valence electrons. The molecule has 2 aromatic heterocycles. The van der Waals surface area contributed by atoms with E-state index in [-0.39, 0.29) is 12.6 Å². The highest BCUT2D eigenvalue weighted by molar-refractivity contribution is 7.39. The van der Waals surface area contributed by atoms with Crippen LogP contribution >= 0.6 is 8.03 Å². The number of ether oxygens (including phenoxy) is 1. The maximum Gasteiger partial charge on any atom is 0.585 e. The number of aromatic nitrogens is 4. The van der Waals surface area contributed by atoms with Crippen molar-refractivity contribution in [1.82, 2.24) is 19.5 Å². The highest BCUT2D eigenvalue weighted by Crippen LogP contribution is 2.29. The molecule has 0 aliphatic carbocycles. The van der Waals surface area contributed by atoms with E-state index in [0.717, 1.165) is 0 Å². The Morgan fingerprint density at radius 2 is 2.04 bits per heavy atom. The van der Waals surface area contributed by atoms with Crippen LogP contribution in [0.4, 0.5) is 5.82 Å². The Bertz CT molecular complexity index is 840. The van der Waals surface area contributed by atoms with Crippen molar-refractivity contribution in [3.05, 3.63) is 43.0 Å². The first-order chi connectivity index (χ1) is 11.7. The zero-order valence-corrected chi connectivity index (χ0v) is 14.0. The zero-order valence-electron chi connectivity index (χ0n) is 13.1. The van der Waals surface area contributed by atoms with Crippen LogP contribution in [0.1, 0.15) is 19.6 Å². The molecule has 0 aliphatic rings. The molecule has 0 saturated heterocycles. The first-order valence-electron chi connectivity index (χ1n) is 7.41. The van der Waals surface area contributed by atoms with Crippen molar-refractivity contribution < 1.29 is 13.8 Å². The summed E-state index contributed by atoms with van der Waals surface area (Å²) in [4.78, 5) is 12.3. The first kappa shape index (κ1) is 16.3. The van der Waals surface area contributed by atoms with Crippen LogP contribution in [0.25, 0.3) is 11.2 Å². The second-order valence-corrected chi connectivity index (χ2v) is 6.08. The average molecular weight is 346 g/mol. The molecule has 2 heterocycles. The van der Waals surface area contributed by atoms with Gasteiger partial charge in [0.05, 0.1) is 6.33 Å². The topological polar surface area (TPSA) is 105 Å². The Balaban J connectivity index is 1.68. The molecule has 8 nitrogen and oxygen atoms in total. The van der Waals surface area contributed by atoms with Gasteiger partial charge in [0.25, 0.3) is 6.35 Å². The minimum Gasteiger partial charge on any atom is -0.382 e. The number of fused-ring (bicyclic) bond motifs is 1. The van der Waals surface area contributed by atoms with E-state index in [4.69, 9.17) is 15.0 Å². The summed E-state index contributed by atoms with van der Waals surface area (Å²) in [5.74, 6) is 0.857.